The van der Waals surface area contributed by atoms with Crippen LogP contribution >= 0.6 is 0 Å². The van der Waals surface area contributed by atoms with Crippen molar-refractivity contribution in [2.45, 2.75) is 19.7 Å². The summed E-state index contributed by atoms with van der Waals surface area (Å²) in [6.45, 7) is 2.42. The van der Waals surface area contributed by atoms with E-state index in [1.807, 2.05) is 61.5 Å². The van der Waals surface area contributed by atoms with Gasteiger partial charge in [-0.05, 0) is 66.6 Å². The molecular formula is C29H24F3NO3. The minimum absolute atomic E-state index is 0.0556. The minimum atomic E-state index is -4.50. The van der Waals surface area contributed by atoms with Gasteiger partial charge < -0.3 is 14.8 Å². The molecule has 0 unspecified atom stereocenters. The summed E-state index contributed by atoms with van der Waals surface area (Å²) in [6, 6.07) is 27.0. The molecule has 7 heteroatoms. The zero-order chi connectivity index (χ0) is 25.5. The molecule has 4 nitrogen and oxygen atoms in total. The van der Waals surface area contributed by atoms with Crippen molar-refractivity contribution in [1.29, 1.82) is 0 Å². The third kappa shape index (κ3) is 6.24. The number of hydrogen-bond acceptors (Lipinski definition) is 3. The van der Waals surface area contributed by atoms with Crippen molar-refractivity contribution in [3.8, 4) is 22.6 Å². The first kappa shape index (κ1) is 24.9. The van der Waals surface area contributed by atoms with Gasteiger partial charge in [-0.15, -0.1) is 0 Å². The molecule has 0 heterocycles. The van der Waals surface area contributed by atoms with E-state index in [4.69, 9.17) is 9.47 Å². The Morgan fingerprint density at radius 2 is 1.53 bits per heavy atom. The van der Waals surface area contributed by atoms with Crippen molar-refractivity contribution < 1.29 is 27.4 Å². The number of carbonyl (C=O) groups is 1. The van der Waals surface area contributed by atoms with Crippen molar-refractivity contribution in [3.05, 3.63) is 114 Å². The average Bonchev–Trinajstić information content (AvgIpc) is 2.89. The van der Waals surface area contributed by atoms with Crippen molar-refractivity contribution in [3.63, 3.8) is 0 Å². The van der Waals surface area contributed by atoms with Gasteiger partial charge in [0.05, 0.1) is 12.2 Å². The lowest BCUT2D eigenvalue weighted by Crippen LogP contribution is -2.14. The van der Waals surface area contributed by atoms with E-state index in [9.17, 15) is 18.0 Å². The van der Waals surface area contributed by atoms with Crippen molar-refractivity contribution in [1.82, 2.24) is 0 Å². The number of rotatable bonds is 8. The van der Waals surface area contributed by atoms with Gasteiger partial charge in [0.1, 0.15) is 18.1 Å². The molecule has 0 fully saturated rings. The Balaban J connectivity index is 1.48. The molecule has 1 N–H and O–H groups in total. The van der Waals surface area contributed by atoms with Crippen LogP contribution in [-0.2, 0) is 12.8 Å². The Bertz CT molecular complexity index is 1320. The quantitative estimate of drug-likeness (QED) is 0.276. The maximum atomic E-state index is 13.0. The van der Waals surface area contributed by atoms with Gasteiger partial charge in [0.15, 0.2) is 0 Å². The minimum Gasteiger partial charge on any atom is -0.493 e. The van der Waals surface area contributed by atoms with E-state index in [-0.39, 0.29) is 17.9 Å². The zero-order valence-corrected chi connectivity index (χ0v) is 19.5. The van der Waals surface area contributed by atoms with Gasteiger partial charge in [0, 0.05) is 16.8 Å². The summed E-state index contributed by atoms with van der Waals surface area (Å²) in [5.41, 5.74) is 2.29. The van der Waals surface area contributed by atoms with Crippen LogP contribution in [0.2, 0.25) is 0 Å². The van der Waals surface area contributed by atoms with E-state index in [1.165, 1.54) is 12.1 Å². The molecule has 0 spiro atoms. The number of hydrogen-bond donors (Lipinski definition) is 1. The van der Waals surface area contributed by atoms with E-state index in [0.717, 1.165) is 23.3 Å². The van der Waals surface area contributed by atoms with Gasteiger partial charge in [0.2, 0.25) is 0 Å². The van der Waals surface area contributed by atoms with Gasteiger partial charge in [-0.1, -0.05) is 48.5 Å². The van der Waals surface area contributed by atoms with Gasteiger partial charge in [-0.2, -0.15) is 13.2 Å². The molecule has 0 aliphatic rings. The Kier molecular flexibility index (Phi) is 7.59. The highest BCUT2D eigenvalue weighted by molar-refractivity contribution is 6.04. The van der Waals surface area contributed by atoms with Crippen LogP contribution < -0.4 is 14.8 Å². The molecule has 1 amide bonds. The SMILES string of the molecule is CCOc1ccc(C(=O)Nc2cccc(C(F)(F)F)c2)cc1COc1ccc(-c2ccccc2)cc1. The fraction of sp³-hybridized carbons (Fsp3) is 0.138. The van der Waals surface area contributed by atoms with Gasteiger partial charge in [-0.25, -0.2) is 0 Å². The van der Waals surface area contributed by atoms with Gasteiger partial charge >= 0.3 is 6.18 Å². The smallest absolute Gasteiger partial charge is 0.416 e. The first-order valence-corrected chi connectivity index (χ1v) is 11.4. The Morgan fingerprint density at radius 1 is 0.806 bits per heavy atom. The van der Waals surface area contributed by atoms with Crippen LogP contribution in [0.5, 0.6) is 11.5 Å². The van der Waals surface area contributed by atoms with E-state index in [2.05, 4.69) is 5.32 Å². The molecule has 0 atom stereocenters. The summed E-state index contributed by atoms with van der Waals surface area (Å²) in [7, 11) is 0. The molecule has 0 saturated heterocycles. The summed E-state index contributed by atoms with van der Waals surface area (Å²) in [4.78, 5) is 12.8. The second-order valence-electron chi connectivity index (χ2n) is 7.97. The van der Waals surface area contributed by atoms with Crippen molar-refractivity contribution >= 4 is 11.6 Å². The third-order valence-electron chi connectivity index (χ3n) is 5.43. The Morgan fingerprint density at radius 3 is 2.22 bits per heavy atom. The molecule has 4 aromatic rings. The molecule has 0 radical (unpaired) electrons. The maximum Gasteiger partial charge on any atom is 0.416 e. The number of alkyl halides is 3. The second kappa shape index (κ2) is 11.0. The molecule has 4 aromatic carbocycles. The predicted octanol–water partition coefficient (Wildman–Crippen LogP) is 7.60. The Labute approximate surface area is 207 Å². The molecule has 184 valence electrons. The first-order chi connectivity index (χ1) is 17.3. The van der Waals surface area contributed by atoms with E-state index in [1.54, 1.807) is 18.2 Å². The maximum absolute atomic E-state index is 13.0. The fourth-order valence-corrected chi connectivity index (χ4v) is 3.64. The predicted molar refractivity (Wildman–Crippen MR) is 133 cm³/mol. The van der Waals surface area contributed by atoms with Crippen LogP contribution in [0.3, 0.4) is 0 Å². The van der Waals surface area contributed by atoms with Crippen LogP contribution in [0.1, 0.15) is 28.4 Å². The molecule has 0 saturated carbocycles. The summed E-state index contributed by atoms with van der Waals surface area (Å²) in [5, 5.41) is 2.52. The second-order valence-corrected chi connectivity index (χ2v) is 7.97. The van der Waals surface area contributed by atoms with E-state index < -0.39 is 17.6 Å². The lowest BCUT2D eigenvalue weighted by Gasteiger charge is -2.14. The summed E-state index contributed by atoms with van der Waals surface area (Å²) in [6.07, 6.45) is -4.50. The topological polar surface area (TPSA) is 47.6 Å². The summed E-state index contributed by atoms with van der Waals surface area (Å²) < 4.78 is 50.6. The van der Waals surface area contributed by atoms with E-state index >= 15 is 0 Å². The normalized spacial score (nSPS) is 11.1. The van der Waals surface area contributed by atoms with Crippen LogP contribution in [0.15, 0.2) is 97.1 Å². The largest absolute Gasteiger partial charge is 0.493 e. The average molecular weight is 492 g/mol. The van der Waals surface area contributed by atoms with Gasteiger partial charge in [-0.3, -0.25) is 4.79 Å². The highest BCUT2D eigenvalue weighted by Crippen LogP contribution is 2.31. The third-order valence-corrected chi connectivity index (χ3v) is 5.43. The lowest BCUT2D eigenvalue weighted by atomic mass is 10.1. The Hall–Kier alpha value is -4.26. The molecule has 0 aliphatic carbocycles. The number of anilines is 1. The molecular weight excluding hydrogens is 467 g/mol. The molecule has 0 aromatic heterocycles. The first-order valence-electron chi connectivity index (χ1n) is 11.4. The number of nitrogens with one attached hydrogen (secondary N) is 1. The highest BCUT2D eigenvalue weighted by Gasteiger charge is 2.30. The standard InChI is InChI=1S/C29H24F3NO3/c1-2-35-27-16-13-22(28(34)33-25-10-6-9-24(18-25)29(30,31)32)17-23(27)19-36-26-14-11-21(12-15-26)20-7-4-3-5-8-20/h3-18H,2,19H2,1H3,(H,33,34). The number of carbonyl (C=O) groups excluding carboxylic acids is 1. The number of ether oxygens (including phenoxy) is 2. The van der Waals surface area contributed by atoms with Gasteiger partial charge in [0.25, 0.3) is 5.91 Å². The highest BCUT2D eigenvalue weighted by atomic mass is 19.4. The molecule has 36 heavy (non-hydrogen) atoms. The molecule has 4 rings (SSSR count). The van der Waals surface area contributed by atoms with Crippen molar-refractivity contribution in [2.24, 2.45) is 0 Å². The van der Waals surface area contributed by atoms with Crippen LogP contribution in [0.25, 0.3) is 11.1 Å². The summed E-state index contributed by atoms with van der Waals surface area (Å²) in [5.74, 6) is 0.677. The fourth-order valence-electron chi connectivity index (χ4n) is 3.64. The van der Waals surface area contributed by atoms with Crippen LogP contribution in [0.4, 0.5) is 18.9 Å². The van der Waals surface area contributed by atoms with Crippen LogP contribution in [-0.4, -0.2) is 12.5 Å². The molecule has 0 bridgehead atoms. The lowest BCUT2D eigenvalue weighted by molar-refractivity contribution is -0.137. The van der Waals surface area contributed by atoms with Crippen molar-refractivity contribution in [2.75, 3.05) is 11.9 Å². The van der Waals surface area contributed by atoms with Crippen LogP contribution in [0, 0.1) is 0 Å². The zero-order valence-electron chi connectivity index (χ0n) is 19.5. The summed E-state index contributed by atoms with van der Waals surface area (Å²) >= 11 is 0. The number of halogens is 3. The number of benzene rings is 4. The number of amides is 1. The molecule has 0 aliphatic heterocycles. The monoisotopic (exact) mass is 491 g/mol. The van der Waals surface area contributed by atoms with E-state index in [0.29, 0.717) is 23.7 Å².